The standard InChI is InChI=1S/C17H30BrN3/c1-12-16(18)15(21(5)20-12)10-13-8-6-7-9-14(13)11-19-17(2,3)4/h13-14,19H,6-11H2,1-5H3. The molecule has 3 nitrogen and oxygen atoms in total. The Morgan fingerprint density at radius 2 is 1.86 bits per heavy atom. The number of aryl methyl sites for hydroxylation is 2. The summed E-state index contributed by atoms with van der Waals surface area (Å²) in [7, 11) is 2.07. The molecule has 1 aromatic heterocycles. The Labute approximate surface area is 138 Å². The Kier molecular flexibility index (Phi) is 5.53. The Balaban J connectivity index is 2.05. The van der Waals surface area contributed by atoms with Crippen molar-refractivity contribution in [3.05, 3.63) is 15.9 Å². The lowest BCUT2D eigenvalue weighted by Crippen LogP contribution is -2.41. The highest BCUT2D eigenvalue weighted by molar-refractivity contribution is 9.10. The summed E-state index contributed by atoms with van der Waals surface area (Å²) in [6, 6.07) is 0. The second-order valence-electron chi connectivity index (χ2n) is 7.61. The second-order valence-corrected chi connectivity index (χ2v) is 8.40. The predicted molar refractivity (Wildman–Crippen MR) is 92.6 cm³/mol. The average molecular weight is 356 g/mol. The van der Waals surface area contributed by atoms with Gasteiger partial charge in [0.2, 0.25) is 0 Å². The van der Waals surface area contributed by atoms with Crippen LogP contribution in [0.1, 0.15) is 57.8 Å². The van der Waals surface area contributed by atoms with Gasteiger partial charge in [0.1, 0.15) is 0 Å². The molecule has 21 heavy (non-hydrogen) atoms. The molecular weight excluding hydrogens is 326 g/mol. The first-order valence-electron chi connectivity index (χ1n) is 8.21. The molecule has 2 atom stereocenters. The fourth-order valence-corrected chi connectivity index (χ4v) is 3.91. The third-order valence-corrected chi connectivity index (χ3v) is 5.71. The van der Waals surface area contributed by atoms with Crippen LogP contribution in [0.5, 0.6) is 0 Å². The van der Waals surface area contributed by atoms with E-state index in [4.69, 9.17) is 0 Å². The lowest BCUT2D eigenvalue weighted by atomic mass is 9.76. The van der Waals surface area contributed by atoms with Crippen LogP contribution in [-0.2, 0) is 13.5 Å². The fourth-order valence-electron chi connectivity index (χ4n) is 3.41. The molecule has 1 saturated carbocycles. The third-order valence-electron chi connectivity index (χ3n) is 4.68. The molecule has 0 spiro atoms. The van der Waals surface area contributed by atoms with Gasteiger partial charge in [0.05, 0.1) is 15.9 Å². The molecule has 0 aliphatic heterocycles. The van der Waals surface area contributed by atoms with Crippen molar-refractivity contribution in [2.75, 3.05) is 6.54 Å². The third kappa shape index (κ3) is 4.56. The largest absolute Gasteiger partial charge is 0.312 e. The first-order valence-corrected chi connectivity index (χ1v) is 9.00. The minimum absolute atomic E-state index is 0.214. The monoisotopic (exact) mass is 355 g/mol. The van der Waals surface area contributed by atoms with E-state index in [1.54, 1.807) is 0 Å². The summed E-state index contributed by atoms with van der Waals surface area (Å²) < 4.78 is 3.26. The van der Waals surface area contributed by atoms with Crippen LogP contribution in [-0.4, -0.2) is 21.9 Å². The summed E-state index contributed by atoms with van der Waals surface area (Å²) in [5.74, 6) is 1.57. The van der Waals surface area contributed by atoms with Crippen LogP contribution in [0.4, 0.5) is 0 Å². The number of rotatable bonds is 4. The molecule has 0 saturated heterocycles. The molecule has 1 aliphatic rings. The first kappa shape index (κ1) is 17.0. The van der Waals surface area contributed by atoms with E-state index in [0.717, 1.165) is 30.5 Å². The highest BCUT2D eigenvalue weighted by Gasteiger charge is 2.28. The van der Waals surface area contributed by atoms with Crippen molar-refractivity contribution >= 4 is 15.9 Å². The summed E-state index contributed by atoms with van der Waals surface area (Å²) in [6.45, 7) is 9.99. The van der Waals surface area contributed by atoms with Gasteiger partial charge >= 0.3 is 0 Å². The number of hydrogen-bond donors (Lipinski definition) is 1. The maximum absolute atomic E-state index is 4.54. The number of halogens is 1. The van der Waals surface area contributed by atoms with Crippen molar-refractivity contribution in [2.24, 2.45) is 18.9 Å². The highest BCUT2D eigenvalue weighted by Crippen LogP contribution is 2.34. The van der Waals surface area contributed by atoms with E-state index in [-0.39, 0.29) is 5.54 Å². The summed E-state index contributed by atoms with van der Waals surface area (Å²) >= 11 is 3.72. The molecule has 1 N–H and O–H groups in total. The van der Waals surface area contributed by atoms with E-state index >= 15 is 0 Å². The molecule has 1 heterocycles. The maximum Gasteiger partial charge on any atom is 0.0738 e. The minimum Gasteiger partial charge on any atom is -0.312 e. The summed E-state index contributed by atoms with van der Waals surface area (Å²) in [5, 5.41) is 8.25. The lowest BCUT2D eigenvalue weighted by molar-refractivity contribution is 0.210. The van der Waals surface area contributed by atoms with Gasteiger partial charge in [0.15, 0.2) is 0 Å². The molecule has 2 unspecified atom stereocenters. The van der Waals surface area contributed by atoms with Gasteiger partial charge in [-0.3, -0.25) is 4.68 Å². The lowest BCUT2D eigenvalue weighted by Gasteiger charge is -2.34. The maximum atomic E-state index is 4.54. The number of nitrogens with zero attached hydrogens (tertiary/aromatic N) is 2. The van der Waals surface area contributed by atoms with Gasteiger partial charge < -0.3 is 5.32 Å². The van der Waals surface area contributed by atoms with E-state index in [2.05, 4.69) is 65.8 Å². The van der Waals surface area contributed by atoms with Gasteiger partial charge in [0.25, 0.3) is 0 Å². The molecule has 2 rings (SSSR count). The molecule has 1 aliphatic carbocycles. The Morgan fingerprint density at radius 1 is 1.24 bits per heavy atom. The van der Waals surface area contributed by atoms with Gasteiger partial charge in [-0.2, -0.15) is 5.10 Å². The highest BCUT2D eigenvalue weighted by atomic mass is 79.9. The smallest absolute Gasteiger partial charge is 0.0738 e. The Hall–Kier alpha value is -0.350. The van der Waals surface area contributed by atoms with E-state index in [9.17, 15) is 0 Å². The van der Waals surface area contributed by atoms with Crippen molar-refractivity contribution < 1.29 is 0 Å². The summed E-state index contributed by atoms with van der Waals surface area (Å²) in [5.41, 5.74) is 2.68. The zero-order valence-electron chi connectivity index (χ0n) is 14.2. The van der Waals surface area contributed by atoms with Gasteiger partial charge in [0, 0.05) is 12.6 Å². The Morgan fingerprint density at radius 3 is 2.38 bits per heavy atom. The van der Waals surface area contributed by atoms with Gasteiger partial charge in [-0.1, -0.05) is 12.8 Å². The predicted octanol–water partition coefficient (Wildman–Crippen LogP) is 4.23. The second kappa shape index (κ2) is 6.82. The zero-order valence-corrected chi connectivity index (χ0v) is 15.8. The quantitative estimate of drug-likeness (QED) is 0.875. The molecule has 1 fully saturated rings. The summed E-state index contributed by atoms with van der Waals surface area (Å²) in [6.07, 6.45) is 6.63. The Bertz CT molecular complexity index is 473. The van der Waals surface area contributed by atoms with Crippen LogP contribution >= 0.6 is 15.9 Å². The van der Waals surface area contributed by atoms with Gasteiger partial charge in [-0.05, 0) is 81.3 Å². The number of hydrogen-bond acceptors (Lipinski definition) is 2. The minimum atomic E-state index is 0.214. The van der Waals surface area contributed by atoms with E-state index < -0.39 is 0 Å². The van der Waals surface area contributed by atoms with Crippen molar-refractivity contribution in [3.63, 3.8) is 0 Å². The number of aromatic nitrogens is 2. The van der Waals surface area contributed by atoms with Crippen molar-refractivity contribution in [2.45, 2.75) is 65.3 Å². The van der Waals surface area contributed by atoms with Crippen molar-refractivity contribution in [1.82, 2.24) is 15.1 Å². The van der Waals surface area contributed by atoms with Crippen LogP contribution in [0.2, 0.25) is 0 Å². The van der Waals surface area contributed by atoms with Crippen LogP contribution in [0.3, 0.4) is 0 Å². The van der Waals surface area contributed by atoms with Crippen LogP contribution in [0, 0.1) is 18.8 Å². The van der Waals surface area contributed by atoms with E-state index in [1.165, 1.54) is 35.8 Å². The summed E-state index contributed by atoms with van der Waals surface area (Å²) in [4.78, 5) is 0. The first-order chi connectivity index (χ1) is 9.78. The molecule has 120 valence electrons. The molecule has 0 amide bonds. The molecule has 4 heteroatoms. The molecule has 1 aromatic rings. The SMILES string of the molecule is Cc1nn(C)c(CC2CCCCC2CNC(C)(C)C)c1Br. The number of nitrogens with one attached hydrogen (secondary N) is 1. The normalized spacial score (nSPS) is 23.5. The molecular formula is C17H30BrN3. The van der Waals surface area contributed by atoms with Gasteiger partial charge in [-0.15, -0.1) is 0 Å². The topological polar surface area (TPSA) is 29.9 Å². The van der Waals surface area contributed by atoms with Crippen molar-refractivity contribution in [1.29, 1.82) is 0 Å². The van der Waals surface area contributed by atoms with Crippen LogP contribution < -0.4 is 5.32 Å². The van der Waals surface area contributed by atoms with Gasteiger partial charge in [-0.25, -0.2) is 0 Å². The zero-order chi connectivity index (χ0) is 15.6. The average Bonchev–Trinajstić information content (AvgIpc) is 2.63. The molecule has 0 aromatic carbocycles. The van der Waals surface area contributed by atoms with E-state index in [1.807, 2.05) is 0 Å². The van der Waals surface area contributed by atoms with E-state index in [0.29, 0.717) is 0 Å². The fraction of sp³-hybridized carbons (Fsp3) is 0.824. The van der Waals surface area contributed by atoms with Crippen molar-refractivity contribution in [3.8, 4) is 0 Å². The van der Waals surface area contributed by atoms with Crippen LogP contribution in [0.15, 0.2) is 4.47 Å². The van der Waals surface area contributed by atoms with Crippen LogP contribution in [0.25, 0.3) is 0 Å². The molecule has 0 bridgehead atoms. The molecule has 0 radical (unpaired) electrons.